The van der Waals surface area contributed by atoms with Gasteiger partial charge in [-0.1, -0.05) is 58.4 Å². The van der Waals surface area contributed by atoms with Crippen LogP contribution < -0.4 is 10.3 Å². The second-order valence-electron chi connectivity index (χ2n) is 8.49. The predicted octanol–water partition coefficient (Wildman–Crippen LogP) is 5.01. The number of non-ortho nitro benzene ring substituents is 1. The number of hydrogen-bond donors (Lipinski definition) is 1. The van der Waals surface area contributed by atoms with Gasteiger partial charge in [-0.25, -0.2) is 5.01 Å². The topological polar surface area (TPSA) is 95.8 Å². The van der Waals surface area contributed by atoms with Crippen molar-refractivity contribution in [2.75, 3.05) is 17.4 Å². The summed E-state index contributed by atoms with van der Waals surface area (Å²) in [6, 6.07) is 22.1. The number of anilines is 2. The number of carbonyl (C=O) groups is 2. The van der Waals surface area contributed by atoms with Crippen LogP contribution in [-0.4, -0.2) is 41.3 Å². The molecule has 3 atom stereocenters. The zero-order valence-corrected chi connectivity index (χ0v) is 21.1. The predicted molar refractivity (Wildman–Crippen MR) is 143 cm³/mol. The maximum Gasteiger partial charge on any atom is 0.269 e. The summed E-state index contributed by atoms with van der Waals surface area (Å²) < 4.78 is 0.965. The van der Waals surface area contributed by atoms with Crippen molar-refractivity contribution in [3.63, 3.8) is 0 Å². The lowest BCUT2D eigenvalue weighted by atomic mass is 9.90. The molecule has 0 saturated heterocycles. The summed E-state index contributed by atoms with van der Waals surface area (Å²) in [4.78, 5) is 38.0. The Labute approximate surface area is 217 Å². The van der Waals surface area contributed by atoms with Crippen LogP contribution in [0.1, 0.15) is 5.56 Å². The molecule has 4 rings (SSSR count). The Hall–Kier alpha value is -3.82. The molecule has 1 amide bonds. The standard InChI is InChI=1S/C27H25BrN4O4/c1-30(22-5-3-2-4-6-22)27(34)25-16-15-24(17-19-7-9-20(28)10-8-19)31(26(25)18-33)29-21-11-13-23(14-12-21)32(35)36/h2-16,18,24-26,29H,17H2,1H3. The molecule has 3 aromatic rings. The normalized spacial score (nSPS) is 19.4. The van der Waals surface area contributed by atoms with E-state index >= 15 is 0 Å². The third-order valence-corrected chi connectivity index (χ3v) is 6.71. The van der Waals surface area contributed by atoms with Gasteiger partial charge in [-0.3, -0.25) is 14.9 Å². The Bertz CT molecular complexity index is 1250. The highest BCUT2D eigenvalue weighted by Crippen LogP contribution is 2.28. The minimum atomic E-state index is -0.802. The summed E-state index contributed by atoms with van der Waals surface area (Å²) in [5.41, 5.74) is 5.57. The molecule has 9 heteroatoms. The molecule has 0 aromatic heterocycles. The highest BCUT2D eigenvalue weighted by Gasteiger charge is 2.39. The average Bonchev–Trinajstić information content (AvgIpc) is 2.90. The number of nitro benzene ring substituents is 1. The van der Waals surface area contributed by atoms with Crippen molar-refractivity contribution >= 4 is 45.2 Å². The molecule has 0 spiro atoms. The van der Waals surface area contributed by atoms with E-state index in [0.717, 1.165) is 22.0 Å². The monoisotopic (exact) mass is 548 g/mol. The SMILES string of the molecule is CN(C(=O)C1C=CC(Cc2ccc(Br)cc2)N(Nc2ccc([N+](=O)[O-])cc2)C1C=O)c1ccccc1. The molecule has 1 N–H and O–H groups in total. The number of nitrogens with zero attached hydrogens (tertiary/aromatic N) is 3. The van der Waals surface area contributed by atoms with Gasteiger partial charge in [0.25, 0.3) is 5.69 Å². The first-order valence-corrected chi connectivity index (χ1v) is 12.2. The van der Waals surface area contributed by atoms with Gasteiger partial charge in [0.2, 0.25) is 5.91 Å². The second-order valence-corrected chi connectivity index (χ2v) is 9.41. The molecule has 36 heavy (non-hydrogen) atoms. The number of para-hydroxylation sites is 1. The van der Waals surface area contributed by atoms with Gasteiger partial charge in [0.1, 0.15) is 12.3 Å². The quantitative estimate of drug-likeness (QED) is 0.184. The summed E-state index contributed by atoms with van der Waals surface area (Å²) in [5, 5.41) is 12.8. The van der Waals surface area contributed by atoms with Crippen LogP contribution >= 0.6 is 15.9 Å². The molecule has 8 nitrogen and oxygen atoms in total. The summed E-state index contributed by atoms with van der Waals surface area (Å²) in [6.45, 7) is 0. The largest absolute Gasteiger partial charge is 0.318 e. The number of halogens is 1. The molecule has 1 heterocycles. The molecular weight excluding hydrogens is 524 g/mol. The first kappa shape index (κ1) is 25.3. The third kappa shape index (κ3) is 5.69. The van der Waals surface area contributed by atoms with Crippen LogP contribution in [0.3, 0.4) is 0 Å². The lowest BCUT2D eigenvalue weighted by Gasteiger charge is -2.41. The van der Waals surface area contributed by atoms with Crippen LogP contribution in [0.5, 0.6) is 0 Å². The number of rotatable bonds is 8. The third-order valence-electron chi connectivity index (χ3n) is 6.18. The van der Waals surface area contributed by atoms with Gasteiger partial charge < -0.3 is 15.1 Å². The van der Waals surface area contributed by atoms with Gasteiger partial charge in [-0.2, -0.15) is 0 Å². The number of hydrogen-bond acceptors (Lipinski definition) is 6. The Morgan fingerprint density at radius 3 is 2.33 bits per heavy atom. The van der Waals surface area contributed by atoms with Crippen molar-refractivity contribution in [2.45, 2.75) is 18.5 Å². The van der Waals surface area contributed by atoms with Gasteiger partial charge in [-0.05, 0) is 48.4 Å². The van der Waals surface area contributed by atoms with Crippen molar-refractivity contribution in [1.82, 2.24) is 5.01 Å². The zero-order chi connectivity index (χ0) is 25.7. The molecule has 184 valence electrons. The lowest BCUT2D eigenvalue weighted by molar-refractivity contribution is -0.384. The molecule has 0 aliphatic carbocycles. The Balaban J connectivity index is 1.65. The van der Waals surface area contributed by atoms with Crippen molar-refractivity contribution in [3.8, 4) is 0 Å². The minimum Gasteiger partial charge on any atom is -0.318 e. The van der Waals surface area contributed by atoms with E-state index in [1.165, 1.54) is 12.1 Å². The molecule has 1 aliphatic heterocycles. The molecule has 0 saturated carbocycles. The number of nitrogens with one attached hydrogen (secondary N) is 1. The second kappa shape index (κ2) is 11.3. The smallest absolute Gasteiger partial charge is 0.269 e. The number of carbonyl (C=O) groups excluding carboxylic acids is 2. The molecular formula is C27H25BrN4O4. The van der Waals surface area contributed by atoms with Crippen LogP contribution in [0.2, 0.25) is 0 Å². The summed E-state index contributed by atoms with van der Waals surface area (Å²) in [7, 11) is 1.69. The number of amides is 1. The van der Waals surface area contributed by atoms with E-state index in [4.69, 9.17) is 0 Å². The van der Waals surface area contributed by atoms with E-state index in [-0.39, 0.29) is 17.6 Å². The van der Waals surface area contributed by atoms with Gasteiger partial charge in [0.15, 0.2) is 0 Å². The van der Waals surface area contributed by atoms with Gasteiger partial charge in [-0.15, -0.1) is 0 Å². The van der Waals surface area contributed by atoms with E-state index in [0.29, 0.717) is 12.1 Å². The van der Waals surface area contributed by atoms with Gasteiger partial charge in [0, 0.05) is 35.0 Å². The van der Waals surface area contributed by atoms with Crippen LogP contribution in [-0.2, 0) is 16.0 Å². The molecule has 0 bridgehead atoms. The first-order chi connectivity index (χ1) is 17.4. The average molecular weight is 549 g/mol. The van der Waals surface area contributed by atoms with Crippen LogP contribution in [0.25, 0.3) is 0 Å². The number of benzene rings is 3. The van der Waals surface area contributed by atoms with Gasteiger partial charge >= 0.3 is 0 Å². The first-order valence-electron chi connectivity index (χ1n) is 11.4. The lowest BCUT2D eigenvalue weighted by Crippen LogP contribution is -2.56. The van der Waals surface area contributed by atoms with E-state index < -0.39 is 16.9 Å². The van der Waals surface area contributed by atoms with Crippen molar-refractivity contribution in [3.05, 3.63) is 111 Å². The van der Waals surface area contributed by atoms with E-state index in [1.807, 2.05) is 60.7 Å². The fourth-order valence-corrected chi connectivity index (χ4v) is 4.49. The maximum atomic E-state index is 13.5. The summed E-state index contributed by atoms with van der Waals surface area (Å²) in [5.74, 6) is -0.938. The molecule has 3 aromatic carbocycles. The van der Waals surface area contributed by atoms with E-state index in [1.54, 1.807) is 35.2 Å². The molecule has 3 unspecified atom stereocenters. The highest BCUT2D eigenvalue weighted by molar-refractivity contribution is 9.10. The molecule has 0 fully saturated rings. The molecule has 0 radical (unpaired) electrons. The summed E-state index contributed by atoms with van der Waals surface area (Å²) >= 11 is 3.45. The van der Waals surface area contributed by atoms with Crippen LogP contribution in [0.15, 0.2) is 95.5 Å². The number of aldehydes is 1. The van der Waals surface area contributed by atoms with E-state index in [9.17, 15) is 19.7 Å². The zero-order valence-electron chi connectivity index (χ0n) is 19.5. The maximum absolute atomic E-state index is 13.5. The fourth-order valence-electron chi connectivity index (χ4n) is 4.22. The number of hydrazine groups is 1. The Morgan fingerprint density at radius 2 is 1.72 bits per heavy atom. The van der Waals surface area contributed by atoms with Gasteiger partial charge in [0.05, 0.1) is 16.9 Å². The Kier molecular flexibility index (Phi) is 7.92. The number of nitro groups is 1. The Morgan fingerprint density at radius 1 is 1.06 bits per heavy atom. The van der Waals surface area contributed by atoms with Crippen molar-refractivity contribution in [2.24, 2.45) is 5.92 Å². The van der Waals surface area contributed by atoms with Crippen molar-refractivity contribution < 1.29 is 14.5 Å². The van der Waals surface area contributed by atoms with Crippen molar-refractivity contribution in [1.29, 1.82) is 0 Å². The highest BCUT2D eigenvalue weighted by atomic mass is 79.9. The minimum absolute atomic E-state index is 0.0324. The molecule has 1 aliphatic rings. The van der Waals surface area contributed by atoms with E-state index in [2.05, 4.69) is 21.4 Å². The summed E-state index contributed by atoms with van der Waals surface area (Å²) in [6.07, 6.45) is 5.10. The van der Waals surface area contributed by atoms with Crippen LogP contribution in [0, 0.1) is 16.0 Å². The fraction of sp³-hybridized carbons (Fsp3) is 0.185. The van der Waals surface area contributed by atoms with Crippen LogP contribution in [0.4, 0.5) is 17.1 Å².